The summed E-state index contributed by atoms with van der Waals surface area (Å²) in [6.07, 6.45) is 2.67. The van der Waals surface area contributed by atoms with Gasteiger partial charge in [-0.1, -0.05) is 19.1 Å². The molecule has 0 saturated carbocycles. The molecular weight excluding hydrogens is 260 g/mol. The van der Waals surface area contributed by atoms with Gasteiger partial charge in [-0.3, -0.25) is 4.98 Å². The molecular formula is C18H20N2O. The van der Waals surface area contributed by atoms with Crippen LogP contribution in [-0.4, -0.2) is 12.0 Å². The van der Waals surface area contributed by atoms with Crippen molar-refractivity contribution in [1.82, 2.24) is 10.3 Å². The van der Waals surface area contributed by atoms with Crippen molar-refractivity contribution in [2.45, 2.75) is 26.3 Å². The number of rotatable bonds is 4. The van der Waals surface area contributed by atoms with E-state index in [0.717, 1.165) is 23.4 Å². The molecule has 0 saturated heterocycles. The topological polar surface area (TPSA) is 38.1 Å². The summed E-state index contributed by atoms with van der Waals surface area (Å²) in [5.41, 5.74) is 4.52. The van der Waals surface area contributed by atoms with E-state index in [9.17, 15) is 0 Å². The number of hydrogen-bond donors (Lipinski definition) is 1. The van der Waals surface area contributed by atoms with Crippen LogP contribution in [0.1, 0.15) is 35.5 Å². The lowest BCUT2D eigenvalue weighted by Gasteiger charge is -2.17. The lowest BCUT2D eigenvalue weighted by molar-refractivity contribution is 0.505. The lowest BCUT2D eigenvalue weighted by Crippen LogP contribution is -2.18. The van der Waals surface area contributed by atoms with Gasteiger partial charge >= 0.3 is 0 Å². The quantitative estimate of drug-likeness (QED) is 0.784. The number of aromatic nitrogens is 1. The van der Waals surface area contributed by atoms with E-state index in [0.29, 0.717) is 0 Å². The molecule has 21 heavy (non-hydrogen) atoms. The Morgan fingerprint density at radius 1 is 1.19 bits per heavy atom. The molecule has 0 bridgehead atoms. The first-order chi connectivity index (χ1) is 10.2. The van der Waals surface area contributed by atoms with E-state index in [4.69, 9.17) is 4.42 Å². The third-order valence-electron chi connectivity index (χ3n) is 3.89. The zero-order valence-corrected chi connectivity index (χ0v) is 12.7. The number of aryl methyl sites for hydroxylation is 2. The third-order valence-corrected chi connectivity index (χ3v) is 3.89. The molecule has 3 heteroatoms. The molecule has 0 radical (unpaired) electrons. The second-order valence-electron chi connectivity index (χ2n) is 5.28. The van der Waals surface area contributed by atoms with Gasteiger partial charge < -0.3 is 9.73 Å². The fourth-order valence-electron chi connectivity index (χ4n) is 2.82. The summed E-state index contributed by atoms with van der Waals surface area (Å²) in [5, 5.41) is 4.56. The zero-order valence-electron chi connectivity index (χ0n) is 12.7. The largest absolute Gasteiger partial charge is 0.469 e. The Hall–Kier alpha value is -2.13. The fraction of sp³-hybridized carbons (Fsp3) is 0.278. The van der Waals surface area contributed by atoms with Crippen LogP contribution in [0.15, 0.2) is 47.1 Å². The Kier molecular flexibility index (Phi) is 3.76. The first-order valence-electron chi connectivity index (χ1n) is 7.33. The molecule has 0 fully saturated rings. The molecule has 3 nitrogen and oxygen atoms in total. The second kappa shape index (κ2) is 5.70. The number of furan rings is 1. The van der Waals surface area contributed by atoms with Crippen molar-refractivity contribution in [3.8, 4) is 0 Å². The molecule has 2 heterocycles. The SMILES string of the molecule is CCc1occc1C(NC)c1ccc2nc(C)ccc2c1. The van der Waals surface area contributed by atoms with Crippen molar-refractivity contribution in [2.75, 3.05) is 7.05 Å². The third kappa shape index (κ3) is 2.57. The van der Waals surface area contributed by atoms with Gasteiger partial charge in [-0.15, -0.1) is 0 Å². The normalized spacial score (nSPS) is 12.7. The molecule has 108 valence electrons. The number of benzene rings is 1. The first kappa shape index (κ1) is 13.8. The zero-order chi connectivity index (χ0) is 14.8. The van der Waals surface area contributed by atoms with Crippen LogP contribution in [-0.2, 0) is 6.42 Å². The Labute approximate surface area is 125 Å². The van der Waals surface area contributed by atoms with Crippen molar-refractivity contribution in [3.63, 3.8) is 0 Å². The first-order valence-corrected chi connectivity index (χ1v) is 7.33. The number of nitrogens with one attached hydrogen (secondary N) is 1. The number of fused-ring (bicyclic) bond motifs is 1. The molecule has 1 atom stereocenters. The van der Waals surface area contributed by atoms with E-state index in [2.05, 4.69) is 53.6 Å². The molecule has 3 rings (SSSR count). The van der Waals surface area contributed by atoms with Crippen LogP contribution in [0.25, 0.3) is 10.9 Å². The summed E-state index contributed by atoms with van der Waals surface area (Å²) in [5.74, 6) is 1.04. The van der Waals surface area contributed by atoms with Crippen molar-refractivity contribution in [2.24, 2.45) is 0 Å². The van der Waals surface area contributed by atoms with Crippen LogP contribution in [0, 0.1) is 6.92 Å². The highest BCUT2D eigenvalue weighted by Gasteiger charge is 2.17. The van der Waals surface area contributed by atoms with Gasteiger partial charge in [0.25, 0.3) is 0 Å². The second-order valence-corrected chi connectivity index (χ2v) is 5.28. The van der Waals surface area contributed by atoms with Gasteiger partial charge in [0.15, 0.2) is 0 Å². The predicted octanol–water partition coefficient (Wildman–Crippen LogP) is 4.01. The minimum absolute atomic E-state index is 0.143. The minimum atomic E-state index is 0.143. The summed E-state index contributed by atoms with van der Waals surface area (Å²) >= 11 is 0. The van der Waals surface area contributed by atoms with Gasteiger partial charge in [-0.2, -0.15) is 0 Å². The molecule has 1 aromatic carbocycles. The fourth-order valence-corrected chi connectivity index (χ4v) is 2.82. The molecule has 0 aliphatic heterocycles. The molecule has 3 aromatic rings. The summed E-state index contributed by atoms with van der Waals surface area (Å²) in [7, 11) is 1.98. The van der Waals surface area contributed by atoms with E-state index >= 15 is 0 Å². The smallest absolute Gasteiger partial charge is 0.108 e. The standard InChI is InChI=1S/C18H20N2O/c1-4-17-15(9-10-21-17)18(19-3)14-7-8-16-13(11-14)6-5-12(2)20-16/h5-11,18-19H,4H2,1-3H3. The average molecular weight is 280 g/mol. The predicted molar refractivity (Wildman–Crippen MR) is 85.5 cm³/mol. The molecule has 0 amide bonds. The van der Waals surface area contributed by atoms with Gasteiger partial charge in [0.1, 0.15) is 5.76 Å². The monoisotopic (exact) mass is 280 g/mol. The average Bonchev–Trinajstić information content (AvgIpc) is 2.96. The van der Waals surface area contributed by atoms with Gasteiger partial charge in [0.05, 0.1) is 17.8 Å². The number of pyridine rings is 1. The van der Waals surface area contributed by atoms with E-state index in [1.54, 1.807) is 6.26 Å². The van der Waals surface area contributed by atoms with E-state index in [1.807, 2.05) is 14.0 Å². The van der Waals surface area contributed by atoms with E-state index in [-0.39, 0.29) is 6.04 Å². The maximum absolute atomic E-state index is 5.57. The molecule has 1 unspecified atom stereocenters. The van der Waals surface area contributed by atoms with Crippen molar-refractivity contribution >= 4 is 10.9 Å². The molecule has 0 spiro atoms. The molecule has 1 N–H and O–H groups in total. The van der Waals surface area contributed by atoms with E-state index < -0.39 is 0 Å². The highest BCUT2D eigenvalue weighted by molar-refractivity contribution is 5.79. The van der Waals surface area contributed by atoms with Crippen LogP contribution in [0.3, 0.4) is 0 Å². The van der Waals surface area contributed by atoms with Crippen molar-refractivity contribution in [3.05, 3.63) is 65.2 Å². The Morgan fingerprint density at radius 3 is 2.81 bits per heavy atom. The highest BCUT2D eigenvalue weighted by atomic mass is 16.3. The molecule has 0 aliphatic carbocycles. The highest BCUT2D eigenvalue weighted by Crippen LogP contribution is 2.28. The van der Waals surface area contributed by atoms with Gasteiger partial charge in [0, 0.05) is 23.1 Å². The molecule has 0 aliphatic rings. The summed E-state index contributed by atoms with van der Waals surface area (Å²) in [6, 6.07) is 12.8. The Balaban J connectivity index is 2.07. The van der Waals surface area contributed by atoms with Crippen LogP contribution >= 0.6 is 0 Å². The molecule has 2 aromatic heterocycles. The van der Waals surface area contributed by atoms with Crippen LogP contribution in [0.4, 0.5) is 0 Å². The lowest BCUT2D eigenvalue weighted by atomic mass is 9.97. The Morgan fingerprint density at radius 2 is 2.05 bits per heavy atom. The van der Waals surface area contributed by atoms with Crippen LogP contribution in [0.5, 0.6) is 0 Å². The Bertz CT molecular complexity index is 761. The minimum Gasteiger partial charge on any atom is -0.469 e. The van der Waals surface area contributed by atoms with Gasteiger partial charge in [-0.05, 0) is 43.8 Å². The number of hydrogen-bond acceptors (Lipinski definition) is 3. The summed E-state index contributed by atoms with van der Waals surface area (Å²) < 4.78 is 5.57. The van der Waals surface area contributed by atoms with Gasteiger partial charge in [-0.25, -0.2) is 0 Å². The van der Waals surface area contributed by atoms with Crippen molar-refractivity contribution < 1.29 is 4.42 Å². The number of nitrogens with zero attached hydrogens (tertiary/aromatic N) is 1. The summed E-state index contributed by atoms with van der Waals surface area (Å²) in [4.78, 5) is 4.56. The summed E-state index contributed by atoms with van der Waals surface area (Å²) in [6.45, 7) is 4.13. The van der Waals surface area contributed by atoms with Gasteiger partial charge in [0.2, 0.25) is 0 Å². The maximum Gasteiger partial charge on any atom is 0.108 e. The van der Waals surface area contributed by atoms with E-state index in [1.165, 1.54) is 16.5 Å². The van der Waals surface area contributed by atoms with Crippen LogP contribution in [0.2, 0.25) is 0 Å². The van der Waals surface area contributed by atoms with Crippen LogP contribution < -0.4 is 5.32 Å². The maximum atomic E-state index is 5.57. The van der Waals surface area contributed by atoms with Crippen molar-refractivity contribution in [1.29, 1.82) is 0 Å².